The molecule has 1 heterocycles. The molecule has 2 aromatic rings. The molecule has 0 unspecified atom stereocenters. The van der Waals surface area contributed by atoms with Crippen LogP contribution in [0.5, 0.6) is 5.75 Å². The van der Waals surface area contributed by atoms with Crippen LogP contribution in [0.25, 0.3) is 0 Å². The van der Waals surface area contributed by atoms with Crippen LogP contribution in [0.1, 0.15) is 12.0 Å². The van der Waals surface area contributed by atoms with E-state index >= 15 is 0 Å². The first kappa shape index (κ1) is 20.1. The molecule has 9 heteroatoms. The Morgan fingerprint density at radius 3 is 2.68 bits per heavy atom. The van der Waals surface area contributed by atoms with Gasteiger partial charge >= 0.3 is 0 Å². The molecule has 0 saturated carbocycles. The highest BCUT2D eigenvalue weighted by molar-refractivity contribution is 7.92. The lowest BCUT2D eigenvalue weighted by atomic mass is 10.0. The fourth-order valence-electron chi connectivity index (χ4n) is 3.13. The maximum Gasteiger partial charge on any atom is 0.262 e. The molecule has 1 N–H and O–H groups in total. The van der Waals surface area contributed by atoms with Crippen molar-refractivity contribution < 1.29 is 27.1 Å². The molecule has 0 atom stereocenters. The summed E-state index contributed by atoms with van der Waals surface area (Å²) < 4.78 is 51.3. The predicted octanol–water partition coefficient (Wildman–Crippen LogP) is 2.56. The van der Waals surface area contributed by atoms with Gasteiger partial charge in [-0.25, -0.2) is 12.8 Å². The lowest BCUT2D eigenvalue weighted by molar-refractivity contribution is -0.122. The molecule has 7 nitrogen and oxygen atoms in total. The number of hydrogen-bond donors (Lipinski definition) is 1. The summed E-state index contributed by atoms with van der Waals surface area (Å²) >= 11 is 0. The molecule has 0 radical (unpaired) electrons. The molecular weight excluding hydrogens is 387 g/mol. The zero-order chi connectivity index (χ0) is 20.3. The number of benzene rings is 2. The highest BCUT2D eigenvalue weighted by Crippen LogP contribution is 2.31. The zero-order valence-corrected chi connectivity index (χ0v) is 16.4. The SMILES string of the molecule is COCC(=O)N1CCCc2ccc(NS(=O)(=O)c3ccc(OC)c(F)c3)cc21. The van der Waals surface area contributed by atoms with Crippen molar-refractivity contribution in [1.29, 1.82) is 0 Å². The van der Waals surface area contributed by atoms with Crippen molar-refractivity contribution in [1.82, 2.24) is 0 Å². The summed E-state index contributed by atoms with van der Waals surface area (Å²) in [5, 5.41) is 0. The van der Waals surface area contributed by atoms with E-state index in [2.05, 4.69) is 4.72 Å². The van der Waals surface area contributed by atoms with Crippen LogP contribution in [0.15, 0.2) is 41.3 Å². The van der Waals surface area contributed by atoms with Gasteiger partial charge in [-0.3, -0.25) is 9.52 Å². The molecule has 2 aromatic carbocycles. The number of carbonyl (C=O) groups excluding carboxylic acids is 1. The van der Waals surface area contributed by atoms with E-state index in [4.69, 9.17) is 9.47 Å². The Balaban J connectivity index is 1.89. The highest BCUT2D eigenvalue weighted by atomic mass is 32.2. The minimum atomic E-state index is -4.01. The quantitative estimate of drug-likeness (QED) is 0.794. The summed E-state index contributed by atoms with van der Waals surface area (Å²) in [6.45, 7) is 0.482. The second-order valence-corrected chi connectivity index (χ2v) is 8.01. The van der Waals surface area contributed by atoms with Crippen molar-refractivity contribution in [3.63, 3.8) is 0 Å². The number of anilines is 2. The van der Waals surface area contributed by atoms with Crippen molar-refractivity contribution in [2.24, 2.45) is 0 Å². The molecule has 1 aliphatic rings. The maximum absolute atomic E-state index is 13.9. The van der Waals surface area contributed by atoms with E-state index < -0.39 is 15.8 Å². The molecule has 0 aromatic heterocycles. The summed E-state index contributed by atoms with van der Waals surface area (Å²) in [6, 6.07) is 8.43. The summed E-state index contributed by atoms with van der Waals surface area (Å²) in [7, 11) is -1.26. The molecular formula is C19H21FN2O5S. The Morgan fingerprint density at radius 2 is 2.00 bits per heavy atom. The van der Waals surface area contributed by atoms with E-state index in [0.29, 0.717) is 12.2 Å². The van der Waals surface area contributed by atoms with Crippen LogP contribution >= 0.6 is 0 Å². The van der Waals surface area contributed by atoms with Crippen LogP contribution in [0.4, 0.5) is 15.8 Å². The third-order valence-corrected chi connectivity index (χ3v) is 5.84. The Kier molecular flexibility index (Phi) is 5.85. The van der Waals surface area contributed by atoms with Gasteiger partial charge in [0.2, 0.25) is 0 Å². The number of nitrogens with one attached hydrogen (secondary N) is 1. The van der Waals surface area contributed by atoms with Crippen LogP contribution in [0, 0.1) is 5.82 Å². The fraction of sp³-hybridized carbons (Fsp3) is 0.316. The van der Waals surface area contributed by atoms with Gasteiger partial charge in [0.05, 0.1) is 17.7 Å². The highest BCUT2D eigenvalue weighted by Gasteiger charge is 2.24. The summed E-state index contributed by atoms with van der Waals surface area (Å²) in [4.78, 5) is 13.6. The van der Waals surface area contributed by atoms with E-state index in [-0.39, 0.29) is 28.8 Å². The van der Waals surface area contributed by atoms with Gasteiger partial charge in [0.15, 0.2) is 11.6 Å². The normalized spacial score (nSPS) is 13.8. The van der Waals surface area contributed by atoms with Gasteiger partial charge in [0.1, 0.15) is 6.61 Å². The first-order chi connectivity index (χ1) is 13.4. The standard InChI is InChI=1S/C19H21FN2O5S/c1-26-12-19(23)22-9-3-4-13-5-6-14(10-17(13)22)21-28(24,25)15-7-8-18(27-2)16(20)11-15/h5-8,10-11,21H,3-4,9,12H2,1-2H3. The zero-order valence-electron chi connectivity index (χ0n) is 15.6. The van der Waals surface area contributed by atoms with Crippen LogP contribution in [-0.2, 0) is 26.0 Å². The molecule has 1 amide bonds. The molecule has 0 saturated heterocycles. The number of methoxy groups -OCH3 is 2. The predicted molar refractivity (Wildman–Crippen MR) is 103 cm³/mol. The lowest BCUT2D eigenvalue weighted by Crippen LogP contribution is -2.37. The molecule has 0 fully saturated rings. The molecule has 0 bridgehead atoms. The van der Waals surface area contributed by atoms with Crippen LogP contribution in [0.3, 0.4) is 0 Å². The van der Waals surface area contributed by atoms with Crippen molar-refractivity contribution in [3.05, 3.63) is 47.8 Å². The van der Waals surface area contributed by atoms with Gasteiger partial charge in [-0.1, -0.05) is 6.07 Å². The average Bonchev–Trinajstić information content (AvgIpc) is 2.67. The topological polar surface area (TPSA) is 84.9 Å². The Hall–Kier alpha value is -2.65. The number of nitrogens with zero attached hydrogens (tertiary/aromatic N) is 1. The summed E-state index contributed by atoms with van der Waals surface area (Å²) in [5.41, 5.74) is 1.88. The smallest absolute Gasteiger partial charge is 0.262 e. The van der Waals surface area contributed by atoms with Gasteiger partial charge in [-0.2, -0.15) is 0 Å². The number of aryl methyl sites for hydroxylation is 1. The van der Waals surface area contributed by atoms with Gasteiger partial charge < -0.3 is 14.4 Å². The van der Waals surface area contributed by atoms with Gasteiger partial charge in [-0.05, 0) is 48.7 Å². The third-order valence-electron chi connectivity index (χ3n) is 4.46. The fourth-order valence-corrected chi connectivity index (χ4v) is 4.19. The number of rotatable bonds is 6. The Labute approximate surface area is 163 Å². The molecule has 150 valence electrons. The summed E-state index contributed by atoms with van der Waals surface area (Å²) in [6.07, 6.45) is 1.61. The van der Waals surface area contributed by atoms with Crippen LogP contribution in [-0.4, -0.2) is 41.7 Å². The molecule has 0 spiro atoms. The van der Waals surface area contributed by atoms with Gasteiger partial charge in [0.25, 0.3) is 15.9 Å². The number of halogens is 1. The van der Waals surface area contributed by atoms with E-state index in [1.54, 1.807) is 23.1 Å². The first-order valence-electron chi connectivity index (χ1n) is 8.64. The minimum absolute atomic E-state index is 0.0416. The average molecular weight is 408 g/mol. The number of hydrogen-bond acceptors (Lipinski definition) is 5. The van der Waals surface area contributed by atoms with Crippen molar-refractivity contribution >= 4 is 27.3 Å². The Bertz CT molecular complexity index is 994. The minimum Gasteiger partial charge on any atom is -0.494 e. The van der Waals surface area contributed by atoms with Crippen LogP contribution in [0.2, 0.25) is 0 Å². The monoisotopic (exact) mass is 408 g/mol. The van der Waals surface area contributed by atoms with Gasteiger partial charge in [-0.15, -0.1) is 0 Å². The van der Waals surface area contributed by atoms with E-state index in [0.717, 1.165) is 24.5 Å². The molecule has 3 rings (SSSR count). The third kappa shape index (κ3) is 4.10. The largest absolute Gasteiger partial charge is 0.494 e. The van der Waals surface area contributed by atoms with E-state index in [1.807, 2.05) is 0 Å². The summed E-state index contributed by atoms with van der Waals surface area (Å²) in [5.74, 6) is -1.01. The second-order valence-electron chi connectivity index (χ2n) is 6.33. The molecule has 1 aliphatic heterocycles. The van der Waals surface area contributed by atoms with Crippen LogP contribution < -0.4 is 14.4 Å². The van der Waals surface area contributed by atoms with E-state index in [1.165, 1.54) is 26.4 Å². The van der Waals surface area contributed by atoms with Gasteiger partial charge in [0, 0.05) is 19.3 Å². The number of fused-ring (bicyclic) bond motifs is 1. The maximum atomic E-state index is 13.9. The second kappa shape index (κ2) is 8.15. The molecule has 28 heavy (non-hydrogen) atoms. The van der Waals surface area contributed by atoms with Crippen molar-refractivity contribution in [2.45, 2.75) is 17.7 Å². The van der Waals surface area contributed by atoms with E-state index in [9.17, 15) is 17.6 Å². The number of ether oxygens (including phenoxy) is 2. The Morgan fingerprint density at radius 1 is 1.21 bits per heavy atom. The van der Waals surface area contributed by atoms with Crippen molar-refractivity contribution in [2.75, 3.05) is 37.0 Å². The van der Waals surface area contributed by atoms with Crippen molar-refractivity contribution in [3.8, 4) is 5.75 Å². The number of carbonyl (C=O) groups is 1. The number of sulfonamides is 1. The number of amides is 1. The molecule has 0 aliphatic carbocycles. The first-order valence-corrected chi connectivity index (χ1v) is 10.1. The lowest BCUT2D eigenvalue weighted by Gasteiger charge is -2.30.